The van der Waals surface area contributed by atoms with E-state index < -0.39 is 30.2 Å². The van der Waals surface area contributed by atoms with Crippen molar-refractivity contribution in [1.29, 1.82) is 0 Å². The van der Waals surface area contributed by atoms with Crippen LogP contribution in [0.2, 0.25) is 0 Å². The van der Waals surface area contributed by atoms with E-state index in [0.29, 0.717) is 12.1 Å². The normalized spacial score (nSPS) is 14.4. The van der Waals surface area contributed by atoms with Gasteiger partial charge in [-0.1, -0.05) is 6.92 Å². The van der Waals surface area contributed by atoms with Crippen LogP contribution in [0.25, 0.3) is 0 Å². The Hall–Kier alpha value is -1.51. The van der Waals surface area contributed by atoms with Crippen molar-refractivity contribution < 1.29 is 31.1 Å². The number of hydrogen-bond donors (Lipinski definition) is 1. The fourth-order valence-corrected chi connectivity index (χ4v) is 1.35. The molecule has 2 N–H and O–H groups in total. The number of nitrogens with two attached hydrogens (primary N) is 1. The number of aromatic nitrogens is 1. The van der Waals surface area contributed by atoms with Gasteiger partial charge in [0, 0.05) is 6.04 Å². The third-order valence-electron chi connectivity index (χ3n) is 2.43. The zero-order valence-electron chi connectivity index (χ0n) is 10.3. The van der Waals surface area contributed by atoms with Gasteiger partial charge in [-0.3, -0.25) is 4.98 Å². The van der Waals surface area contributed by atoms with Gasteiger partial charge in [0.25, 0.3) is 6.10 Å². The lowest BCUT2D eigenvalue weighted by molar-refractivity contribution is -0.299. The molecule has 0 aliphatic rings. The van der Waals surface area contributed by atoms with Gasteiger partial charge in [0.15, 0.2) is 0 Å². The molecule has 0 radical (unpaired) electrons. The molecule has 0 bridgehead atoms. The first kappa shape index (κ1) is 16.5. The highest BCUT2D eigenvalue weighted by molar-refractivity contribution is 5.22. The van der Waals surface area contributed by atoms with E-state index in [-0.39, 0.29) is 0 Å². The molecule has 0 amide bonds. The molecule has 1 aromatic heterocycles. The summed E-state index contributed by atoms with van der Waals surface area (Å²) in [5, 5.41) is 0. The van der Waals surface area contributed by atoms with E-state index in [1.807, 2.05) is 0 Å². The van der Waals surface area contributed by atoms with Gasteiger partial charge in [-0.05, 0) is 18.6 Å². The van der Waals surface area contributed by atoms with Crippen LogP contribution in [-0.4, -0.2) is 23.4 Å². The summed E-state index contributed by atoms with van der Waals surface area (Å²) in [6.45, 7) is 1.76. The number of rotatable bonds is 4. The lowest BCUT2D eigenvalue weighted by Crippen LogP contribution is -2.46. The Kier molecular flexibility index (Phi) is 4.85. The maximum absolute atomic E-state index is 12.3. The quantitative estimate of drug-likeness (QED) is 0.868. The second-order valence-electron chi connectivity index (χ2n) is 4.01. The lowest BCUT2D eigenvalue weighted by Gasteiger charge is -2.23. The Labute approximate surface area is 110 Å². The summed E-state index contributed by atoms with van der Waals surface area (Å²) in [7, 11) is 0. The predicted octanol–water partition coefficient (Wildman–Crippen LogP) is 3.36. The molecule has 114 valence electrons. The molecule has 0 spiro atoms. The number of halogens is 6. The molecule has 0 saturated heterocycles. The summed E-state index contributed by atoms with van der Waals surface area (Å²) in [6, 6.07) is 1.76. The Morgan fingerprint density at radius 3 is 2.05 bits per heavy atom. The van der Waals surface area contributed by atoms with E-state index in [1.165, 1.54) is 6.07 Å². The molecule has 9 heteroatoms. The maximum atomic E-state index is 12.3. The van der Waals surface area contributed by atoms with Gasteiger partial charge < -0.3 is 10.5 Å². The van der Waals surface area contributed by atoms with E-state index in [0.717, 1.165) is 12.3 Å². The van der Waals surface area contributed by atoms with Crippen LogP contribution in [-0.2, 0) is 0 Å². The van der Waals surface area contributed by atoms with Crippen molar-refractivity contribution >= 4 is 0 Å². The minimum Gasteiger partial charge on any atom is -0.470 e. The number of ether oxygens (including phenoxy) is 1. The van der Waals surface area contributed by atoms with Crippen LogP contribution in [0.1, 0.15) is 25.1 Å². The Bertz CT molecular complexity index is 414. The van der Waals surface area contributed by atoms with Crippen LogP contribution < -0.4 is 10.5 Å². The SMILES string of the molecule is CC[C@@H](N)c1ccc(OC(C(F)(F)F)C(F)(F)F)cn1. The third kappa shape index (κ3) is 4.26. The van der Waals surface area contributed by atoms with Crippen molar-refractivity contribution in [2.75, 3.05) is 0 Å². The summed E-state index contributed by atoms with van der Waals surface area (Å²) in [5.74, 6) is -0.628. The summed E-state index contributed by atoms with van der Waals surface area (Å²) in [6.07, 6.45) is -13.7. The molecule has 1 rings (SSSR count). The van der Waals surface area contributed by atoms with E-state index in [9.17, 15) is 26.3 Å². The molecular weight excluding hydrogens is 290 g/mol. The zero-order chi connectivity index (χ0) is 15.6. The first-order valence-electron chi connectivity index (χ1n) is 5.57. The summed E-state index contributed by atoms with van der Waals surface area (Å²) >= 11 is 0. The topological polar surface area (TPSA) is 48.1 Å². The van der Waals surface area contributed by atoms with Crippen LogP contribution in [0, 0.1) is 0 Å². The average Bonchev–Trinajstić information content (AvgIpc) is 2.33. The van der Waals surface area contributed by atoms with Gasteiger partial charge in [-0.25, -0.2) is 0 Å². The second-order valence-corrected chi connectivity index (χ2v) is 4.01. The van der Waals surface area contributed by atoms with E-state index in [4.69, 9.17) is 5.73 Å². The van der Waals surface area contributed by atoms with Gasteiger partial charge in [0.2, 0.25) is 0 Å². The standard InChI is InChI=1S/C11H12F6N2O/c1-2-7(18)8-4-3-6(5-19-8)20-9(10(12,13)14)11(15,16)17/h3-5,7,9H,2,18H2,1H3/t7-/m1/s1. The van der Waals surface area contributed by atoms with Crippen molar-refractivity contribution in [3.8, 4) is 5.75 Å². The van der Waals surface area contributed by atoms with Crippen LogP contribution in [0.15, 0.2) is 18.3 Å². The molecule has 0 aliphatic heterocycles. The van der Waals surface area contributed by atoms with Crippen molar-refractivity contribution in [2.24, 2.45) is 5.73 Å². The number of pyridine rings is 1. The van der Waals surface area contributed by atoms with Gasteiger partial charge in [0.05, 0.1) is 11.9 Å². The zero-order valence-corrected chi connectivity index (χ0v) is 10.3. The number of hydrogen-bond acceptors (Lipinski definition) is 3. The minimum absolute atomic E-state index is 0.357. The van der Waals surface area contributed by atoms with E-state index >= 15 is 0 Å². The monoisotopic (exact) mass is 302 g/mol. The summed E-state index contributed by atoms with van der Waals surface area (Å²) in [4.78, 5) is 3.68. The van der Waals surface area contributed by atoms with Gasteiger partial charge >= 0.3 is 12.4 Å². The van der Waals surface area contributed by atoms with Crippen molar-refractivity contribution in [3.05, 3.63) is 24.0 Å². The minimum atomic E-state index is -5.56. The first-order chi connectivity index (χ1) is 9.05. The van der Waals surface area contributed by atoms with Gasteiger partial charge in [-0.15, -0.1) is 0 Å². The smallest absolute Gasteiger partial charge is 0.434 e. The molecule has 1 aromatic rings. The van der Waals surface area contributed by atoms with Gasteiger partial charge in [0.1, 0.15) is 5.75 Å². The van der Waals surface area contributed by atoms with Gasteiger partial charge in [-0.2, -0.15) is 26.3 Å². The second kappa shape index (κ2) is 5.86. The highest BCUT2D eigenvalue weighted by atomic mass is 19.4. The highest BCUT2D eigenvalue weighted by Crippen LogP contribution is 2.36. The predicted molar refractivity (Wildman–Crippen MR) is 58.0 cm³/mol. The van der Waals surface area contributed by atoms with Crippen LogP contribution in [0.4, 0.5) is 26.3 Å². The van der Waals surface area contributed by atoms with E-state index in [2.05, 4.69) is 9.72 Å². The largest absolute Gasteiger partial charge is 0.470 e. The number of nitrogens with zero attached hydrogens (tertiary/aromatic N) is 1. The average molecular weight is 302 g/mol. The number of alkyl halides is 6. The molecule has 1 heterocycles. The Morgan fingerprint density at radius 2 is 1.70 bits per heavy atom. The molecule has 0 aromatic carbocycles. The van der Waals surface area contributed by atoms with Crippen LogP contribution in [0.5, 0.6) is 5.75 Å². The van der Waals surface area contributed by atoms with Crippen molar-refractivity contribution in [2.45, 2.75) is 37.8 Å². The lowest BCUT2D eigenvalue weighted by atomic mass is 10.1. The molecule has 20 heavy (non-hydrogen) atoms. The fourth-order valence-electron chi connectivity index (χ4n) is 1.35. The Morgan fingerprint density at radius 1 is 1.15 bits per heavy atom. The molecular formula is C11H12F6N2O. The molecule has 0 fully saturated rings. The molecule has 1 atom stereocenters. The van der Waals surface area contributed by atoms with E-state index in [1.54, 1.807) is 6.92 Å². The molecule has 0 saturated carbocycles. The summed E-state index contributed by atoms with van der Waals surface area (Å²) < 4.78 is 77.6. The molecule has 0 unspecified atom stereocenters. The van der Waals surface area contributed by atoms with Crippen molar-refractivity contribution in [1.82, 2.24) is 4.98 Å². The van der Waals surface area contributed by atoms with Crippen molar-refractivity contribution in [3.63, 3.8) is 0 Å². The van der Waals surface area contributed by atoms with Crippen LogP contribution in [0.3, 0.4) is 0 Å². The Balaban J connectivity index is 2.90. The fraction of sp³-hybridized carbons (Fsp3) is 0.545. The molecule has 3 nitrogen and oxygen atoms in total. The first-order valence-corrected chi connectivity index (χ1v) is 5.57. The third-order valence-corrected chi connectivity index (χ3v) is 2.43. The molecule has 0 aliphatic carbocycles. The maximum Gasteiger partial charge on any atom is 0.434 e. The summed E-state index contributed by atoms with van der Waals surface area (Å²) in [5.41, 5.74) is 5.98. The van der Waals surface area contributed by atoms with Crippen LogP contribution >= 0.6 is 0 Å². The highest BCUT2D eigenvalue weighted by Gasteiger charge is 2.59.